The molecule has 0 spiro atoms. The van der Waals surface area contributed by atoms with Crippen LogP contribution in [0.2, 0.25) is 0 Å². The first-order chi connectivity index (χ1) is 18.4. The van der Waals surface area contributed by atoms with Gasteiger partial charge in [-0.2, -0.15) is 0 Å². The normalized spacial score (nSPS) is 18.2. The van der Waals surface area contributed by atoms with Crippen molar-refractivity contribution in [3.63, 3.8) is 0 Å². The second-order valence-electron chi connectivity index (χ2n) is 9.59. The van der Waals surface area contributed by atoms with E-state index in [1.54, 1.807) is 0 Å². The van der Waals surface area contributed by atoms with Crippen molar-refractivity contribution in [3.8, 4) is 37.0 Å². The van der Waals surface area contributed by atoms with Crippen molar-refractivity contribution >= 4 is 31.2 Å². The van der Waals surface area contributed by atoms with Crippen molar-refractivity contribution in [3.05, 3.63) is 0 Å². The third-order valence-electron chi connectivity index (χ3n) is 6.43. The molecule has 214 valence electrons. The molecular weight excluding hydrogens is 523 g/mol. The summed E-state index contributed by atoms with van der Waals surface area (Å²) in [5, 5.41) is 10.8. The van der Waals surface area contributed by atoms with Crippen LogP contribution in [0.5, 0.6) is 0 Å². The van der Waals surface area contributed by atoms with E-state index in [1.807, 2.05) is 0 Å². The summed E-state index contributed by atoms with van der Waals surface area (Å²) in [4.78, 5) is 60.0. The Morgan fingerprint density at radius 2 is 1.21 bits per heavy atom. The van der Waals surface area contributed by atoms with Crippen molar-refractivity contribution in [2.75, 3.05) is 26.3 Å². The van der Waals surface area contributed by atoms with Gasteiger partial charge in [0.1, 0.15) is 0 Å². The molecule has 0 saturated heterocycles. The summed E-state index contributed by atoms with van der Waals surface area (Å²) in [5.41, 5.74) is -1.07. The van der Waals surface area contributed by atoms with Crippen molar-refractivity contribution in [1.29, 1.82) is 0 Å². The molecule has 0 aromatic carbocycles. The van der Waals surface area contributed by atoms with Crippen molar-refractivity contribution in [2.45, 2.75) is 75.9 Å². The van der Waals surface area contributed by atoms with Crippen LogP contribution in [-0.2, 0) is 28.3 Å². The third-order valence-corrected chi connectivity index (χ3v) is 7.12. The van der Waals surface area contributed by atoms with Crippen molar-refractivity contribution < 1.29 is 33.2 Å². The molecule has 4 amide bonds. The zero-order valence-electron chi connectivity index (χ0n) is 22.4. The Kier molecular flexibility index (Phi) is 15.0. The van der Waals surface area contributed by atoms with Crippen LogP contribution in [0.15, 0.2) is 0 Å². The average molecular weight is 563 g/mol. The highest BCUT2D eigenvalue weighted by Crippen LogP contribution is 2.42. The first-order valence-electron chi connectivity index (χ1n) is 12.8. The number of amides is 4. The molecule has 5 N–H and O–H groups in total. The fourth-order valence-corrected chi connectivity index (χ4v) is 5.17. The van der Waals surface area contributed by atoms with Crippen molar-refractivity contribution in [1.82, 2.24) is 21.3 Å². The van der Waals surface area contributed by atoms with Crippen molar-refractivity contribution in [2.24, 2.45) is 5.92 Å². The second-order valence-corrected chi connectivity index (χ2v) is 11.4. The van der Waals surface area contributed by atoms with Crippen LogP contribution in [0.4, 0.5) is 0 Å². The molecule has 0 aromatic rings. The molecule has 1 saturated carbocycles. The van der Waals surface area contributed by atoms with Crippen LogP contribution in [0.25, 0.3) is 0 Å². The Hall–Kier alpha value is -3.29. The van der Waals surface area contributed by atoms with E-state index in [9.17, 15) is 28.6 Å². The van der Waals surface area contributed by atoms with E-state index in [1.165, 1.54) is 0 Å². The van der Waals surface area contributed by atoms with Gasteiger partial charge < -0.3 is 30.7 Å². The van der Waals surface area contributed by atoms with E-state index < -0.39 is 25.2 Å². The molecule has 12 heteroatoms. The summed E-state index contributed by atoms with van der Waals surface area (Å²) in [5.74, 6) is 5.30. The van der Waals surface area contributed by atoms with E-state index in [0.29, 0.717) is 25.7 Å². The maximum absolute atomic E-state index is 13.4. The molecule has 0 bridgehead atoms. The minimum atomic E-state index is -3.64. The van der Waals surface area contributed by atoms with Crippen LogP contribution in [-0.4, -0.2) is 66.5 Å². The largest absolute Gasteiger partial charge is 0.350 e. The summed E-state index contributed by atoms with van der Waals surface area (Å²) in [7, 11) is -3.64. The molecule has 0 heterocycles. The Morgan fingerprint density at radius 3 is 1.54 bits per heavy atom. The summed E-state index contributed by atoms with van der Waals surface area (Å²) in [6, 6.07) is 0. The first kappa shape index (κ1) is 33.7. The summed E-state index contributed by atoms with van der Waals surface area (Å²) in [6.07, 6.45) is 17.4. The molecule has 39 heavy (non-hydrogen) atoms. The van der Waals surface area contributed by atoms with Gasteiger partial charge in [-0.15, -0.1) is 19.3 Å². The lowest BCUT2D eigenvalue weighted by molar-refractivity contribution is -0.131. The lowest BCUT2D eigenvalue weighted by Gasteiger charge is -2.37. The molecule has 1 rings (SSSR count). The zero-order valence-corrected chi connectivity index (χ0v) is 23.3. The van der Waals surface area contributed by atoms with Crippen LogP contribution < -0.4 is 21.3 Å². The Balaban J connectivity index is 3.09. The monoisotopic (exact) mass is 562 g/mol. The van der Waals surface area contributed by atoms with E-state index in [2.05, 4.69) is 39.0 Å². The summed E-state index contributed by atoms with van der Waals surface area (Å²) >= 11 is 0. The Bertz CT molecular complexity index is 943. The molecule has 1 aliphatic carbocycles. The molecule has 11 nitrogen and oxygen atoms in total. The summed E-state index contributed by atoms with van der Waals surface area (Å²) in [6.45, 7) is 1.26. The van der Waals surface area contributed by atoms with Gasteiger partial charge in [0.25, 0.3) is 0 Å². The quantitative estimate of drug-likeness (QED) is 0.137. The number of terminal acetylenes is 3. The highest BCUT2D eigenvalue weighted by molar-refractivity contribution is 7.51. The molecule has 0 aliphatic heterocycles. The number of nitrogens with one attached hydrogen (secondary N) is 4. The fraction of sp³-hybridized carbons (Fsp3) is 0.630. The topological polar surface area (TPSA) is 163 Å². The van der Waals surface area contributed by atoms with Gasteiger partial charge in [-0.1, -0.05) is 17.8 Å². The minimum absolute atomic E-state index is 0.00275. The zero-order chi connectivity index (χ0) is 29.3. The van der Waals surface area contributed by atoms with Gasteiger partial charge in [-0.05, 0) is 44.9 Å². The minimum Gasteiger partial charge on any atom is -0.350 e. The molecule has 1 atom stereocenters. The van der Waals surface area contributed by atoms with Gasteiger partial charge in [0, 0.05) is 37.4 Å². The molecule has 0 aromatic heterocycles. The van der Waals surface area contributed by atoms with E-state index >= 15 is 0 Å². The van der Waals surface area contributed by atoms with Crippen LogP contribution >= 0.6 is 7.60 Å². The third kappa shape index (κ3) is 14.4. The number of hydrogen-bond acceptors (Lipinski definition) is 6. The molecule has 1 fully saturated rings. The lowest BCUT2D eigenvalue weighted by Crippen LogP contribution is -2.52. The van der Waals surface area contributed by atoms with Crippen LogP contribution in [0.1, 0.15) is 64.2 Å². The lowest BCUT2D eigenvalue weighted by atomic mass is 9.81. The van der Waals surface area contributed by atoms with E-state index in [-0.39, 0.29) is 81.8 Å². The predicted molar refractivity (Wildman–Crippen MR) is 147 cm³/mol. The number of carbonyl (C=O) groups excluding carboxylic acids is 4. The second kappa shape index (κ2) is 17.3. The molecule has 1 unspecified atom stereocenters. The molecular formula is C27H39N4O7P. The number of hydrogen-bond donors (Lipinski definition) is 5. The highest BCUT2D eigenvalue weighted by Gasteiger charge is 2.37. The Labute approximate surface area is 230 Å². The maximum Gasteiger partial charge on any atom is 0.325 e. The summed E-state index contributed by atoms with van der Waals surface area (Å²) < 4.78 is 16.8. The Morgan fingerprint density at radius 1 is 0.821 bits per heavy atom. The van der Waals surface area contributed by atoms with Gasteiger partial charge in [-0.3, -0.25) is 23.7 Å². The van der Waals surface area contributed by atoms with Gasteiger partial charge in [0.2, 0.25) is 23.6 Å². The SMILES string of the molecule is C#CCNC(=O)CCC(CCC(=O)NCC#C)(CCC(=O)NCC#C)NC(=O)[C@H]1CC[C@H](OP(C)(=O)O)CC1. The number of carbonyl (C=O) groups is 4. The molecule has 1 aliphatic rings. The van der Waals surface area contributed by atoms with Gasteiger partial charge in [0.05, 0.1) is 25.7 Å². The van der Waals surface area contributed by atoms with Gasteiger partial charge >= 0.3 is 7.60 Å². The van der Waals surface area contributed by atoms with Gasteiger partial charge in [0.15, 0.2) is 0 Å². The predicted octanol–water partition coefficient (Wildman–Crippen LogP) is 0.821. The van der Waals surface area contributed by atoms with Crippen LogP contribution in [0, 0.1) is 42.9 Å². The maximum atomic E-state index is 13.4. The standard InChI is InChI=1S/C27H39N4O7P/c1-5-18-28-23(32)12-15-27(16-13-24(33)29-19-6-2,17-14-25(34)30-20-7-3)31-26(35)21-8-10-22(11-9-21)38-39(4,36)37/h1-3,21-22H,8-20H2,4H3,(H,28,32)(H,29,33)(H,30,34)(H,31,35)(H,36,37)/t21-,22-. The average Bonchev–Trinajstić information content (AvgIpc) is 2.89. The highest BCUT2D eigenvalue weighted by atomic mass is 31.2. The first-order valence-corrected chi connectivity index (χ1v) is 14.9. The van der Waals surface area contributed by atoms with Gasteiger partial charge in [-0.25, -0.2) is 0 Å². The smallest absolute Gasteiger partial charge is 0.325 e. The fourth-order valence-electron chi connectivity index (χ4n) is 4.41. The van der Waals surface area contributed by atoms with E-state index in [0.717, 1.165) is 6.66 Å². The number of rotatable bonds is 16. The van der Waals surface area contributed by atoms with E-state index in [4.69, 9.17) is 23.8 Å². The van der Waals surface area contributed by atoms with Crippen LogP contribution in [0.3, 0.4) is 0 Å². The molecule has 0 radical (unpaired) electrons.